The number of benzene rings is 2. The predicted molar refractivity (Wildman–Crippen MR) is 107 cm³/mol. The molecule has 4 rings (SSSR count). The van der Waals surface area contributed by atoms with Crippen molar-refractivity contribution in [3.8, 4) is 10.6 Å². The molecule has 27 heavy (non-hydrogen) atoms. The Labute approximate surface area is 162 Å². The molecule has 1 N–H and O–H groups in total. The zero-order chi connectivity index (χ0) is 19.1. The molecule has 0 atom stereocenters. The second-order valence-corrected chi connectivity index (χ2v) is 8.28. The summed E-state index contributed by atoms with van der Waals surface area (Å²) in [5.41, 5.74) is 2.07. The van der Waals surface area contributed by atoms with Crippen molar-refractivity contribution < 1.29 is 13.6 Å². The SMILES string of the molecule is Cc1sc(NC(=O)c2c(F)cccc2F)c(-c2nc3ccccc3s2)c1C. The van der Waals surface area contributed by atoms with E-state index in [1.165, 1.54) is 28.7 Å². The fraction of sp³-hybridized carbons (Fsp3) is 0.100. The topological polar surface area (TPSA) is 42.0 Å². The predicted octanol–water partition coefficient (Wildman–Crippen LogP) is 6.17. The molecule has 4 aromatic rings. The van der Waals surface area contributed by atoms with Crippen LogP contribution < -0.4 is 5.32 Å². The van der Waals surface area contributed by atoms with Crippen LogP contribution in [0.25, 0.3) is 20.8 Å². The van der Waals surface area contributed by atoms with Crippen molar-refractivity contribution in [2.45, 2.75) is 13.8 Å². The third-order valence-corrected chi connectivity index (χ3v) is 6.49. The quantitative estimate of drug-likeness (QED) is 0.447. The molecule has 136 valence electrons. The standard InChI is InChI=1S/C20H14F2N2OS2/c1-10-11(2)26-20(24-18(25)17-12(21)6-5-7-13(17)22)16(10)19-23-14-8-3-4-9-15(14)27-19/h3-9H,1-2H3,(H,24,25). The molecule has 0 bridgehead atoms. The third kappa shape index (κ3) is 3.13. The molecule has 0 aliphatic rings. The van der Waals surface area contributed by atoms with Crippen LogP contribution in [-0.2, 0) is 0 Å². The Hall–Kier alpha value is -2.64. The van der Waals surface area contributed by atoms with Crippen molar-refractivity contribution in [3.63, 3.8) is 0 Å². The second kappa shape index (κ2) is 6.83. The third-order valence-electron chi connectivity index (χ3n) is 4.31. The number of rotatable bonds is 3. The Balaban J connectivity index is 1.78. The van der Waals surface area contributed by atoms with Crippen LogP contribution in [0.3, 0.4) is 0 Å². The highest BCUT2D eigenvalue weighted by Crippen LogP contribution is 2.43. The molecule has 2 aromatic carbocycles. The Kier molecular flexibility index (Phi) is 4.49. The molecule has 0 radical (unpaired) electrons. The van der Waals surface area contributed by atoms with E-state index in [-0.39, 0.29) is 0 Å². The number of thiophene rings is 1. The van der Waals surface area contributed by atoms with Gasteiger partial charge in [-0.25, -0.2) is 13.8 Å². The van der Waals surface area contributed by atoms with E-state index in [1.807, 2.05) is 38.1 Å². The van der Waals surface area contributed by atoms with Gasteiger partial charge in [-0.15, -0.1) is 22.7 Å². The lowest BCUT2D eigenvalue weighted by molar-refractivity contribution is 0.101. The maximum Gasteiger partial charge on any atom is 0.262 e. The molecule has 0 fully saturated rings. The van der Waals surface area contributed by atoms with Crippen molar-refractivity contribution in [1.82, 2.24) is 4.98 Å². The number of nitrogens with zero attached hydrogens (tertiary/aromatic N) is 1. The number of amides is 1. The van der Waals surface area contributed by atoms with Gasteiger partial charge >= 0.3 is 0 Å². The molecule has 0 unspecified atom stereocenters. The smallest absolute Gasteiger partial charge is 0.262 e. The number of aryl methyl sites for hydroxylation is 1. The minimum atomic E-state index is -0.890. The second-order valence-electron chi connectivity index (χ2n) is 6.02. The molecule has 2 heterocycles. The molecule has 2 aromatic heterocycles. The number of hydrogen-bond donors (Lipinski definition) is 1. The van der Waals surface area contributed by atoms with E-state index in [9.17, 15) is 13.6 Å². The van der Waals surface area contributed by atoms with Crippen molar-refractivity contribution in [3.05, 3.63) is 70.1 Å². The van der Waals surface area contributed by atoms with E-state index >= 15 is 0 Å². The van der Waals surface area contributed by atoms with Gasteiger partial charge in [0.2, 0.25) is 0 Å². The van der Waals surface area contributed by atoms with Gasteiger partial charge in [0.05, 0.1) is 10.2 Å². The van der Waals surface area contributed by atoms with Crippen LogP contribution in [0.5, 0.6) is 0 Å². The van der Waals surface area contributed by atoms with Crippen LogP contribution in [-0.4, -0.2) is 10.9 Å². The fourth-order valence-electron chi connectivity index (χ4n) is 2.83. The van der Waals surface area contributed by atoms with Crippen molar-refractivity contribution >= 4 is 43.8 Å². The molecular weight excluding hydrogens is 386 g/mol. The van der Waals surface area contributed by atoms with E-state index in [4.69, 9.17) is 0 Å². The number of halogens is 2. The van der Waals surface area contributed by atoms with Crippen LogP contribution in [0, 0.1) is 25.5 Å². The van der Waals surface area contributed by atoms with Gasteiger partial charge in [0.25, 0.3) is 5.91 Å². The van der Waals surface area contributed by atoms with Gasteiger partial charge in [0.1, 0.15) is 27.2 Å². The summed E-state index contributed by atoms with van der Waals surface area (Å²) in [7, 11) is 0. The average Bonchev–Trinajstić information content (AvgIpc) is 3.15. The van der Waals surface area contributed by atoms with E-state index in [2.05, 4.69) is 10.3 Å². The molecule has 0 saturated heterocycles. The van der Waals surface area contributed by atoms with Crippen LogP contribution in [0.1, 0.15) is 20.8 Å². The van der Waals surface area contributed by atoms with Gasteiger partial charge in [-0.3, -0.25) is 4.79 Å². The number of thiazole rings is 1. The Morgan fingerprint density at radius 2 is 1.70 bits per heavy atom. The van der Waals surface area contributed by atoms with E-state index in [0.717, 1.165) is 43.4 Å². The fourth-order valence-corrected chi connectivity index (χ4v) is 5.03. The summed E-state index contributed by atoms with van der Waals surface area (Å²) in [6.07, 6.45) is 0. The van der Waals surface area contributed by atoms with Crippen molar-refractivity contribution in [2.75, 3.05) is 5.32 Å². The summed E-state index contributed by atoms with van der Waals surface area (Å²) in [6, 6.07) is 11.1. The van der Waals surface area contributed by atoms with Gasteiger partial charge < -0.3 is 5.32 Å². The maximum absolute atomic E-state index is 13.9. The van der Waals surface area contributed by atoms with Gasteiger partial charge in [0, 0.05) is 10.4 Å². The summed E-state index contributed by atoms with van der Waals surface area (Å²) in [6.45, 7) is 3.89. The van der Waals surface area contributed by atoms with Crippen LogP contribution in [0.2, 0.25) is 0 Å². The first kappa shape index (κ1) is 17.8. The average molecular weight is 400 g/mol. The summed E-state index contributed by atoms with van der Waals surface area (Å²) in [5.74, 6) is -2.59. The lowest BCUT2D eigenvalue weighted by atomic mass is 10.1. The monoisotopic (exact) mass is 400 g/mol. The molecule has 1 amide bonds. The number of para-hydroxylation sites is 1. The minimum Gasteiger partial charge on any atom is -0.313 e. The first-order chi connectivity index (χ1) is 13.0. The number of carbonyl (C=O) groups is 1. The Morgan fingerprint density at radius 3 is 2.41 bits per heavy atom. The maximum atomic E-state index is 13.9. The summed E-state index contributed by atoms with van der Waals surface area (Å²) in [4.78, 5) is 18.2. The lowest BCUT2D eigenvalue weighted by Crippen LogP contribution is -2.15. The Morgan fingerprint density at radius 1 is 1.00 bits per heavy atom. The normalized spacial score (nSPS) is 11.1. The number of carbonyl (C=O) groups excluding carboxylic acids is 1. The van der Waals surface area contributed by atoms with Crippen molar-refractivity contribution in [1.29, 1.82) is 0 Å². The largest absolute Gasteiger partial charge is 0.313 e. The summed E-state index contributed by atoms with van der Waals surface area (Å²) >= 11 is 2.89. The van der Waals surface area contributed by atoms with E-state index in [1.54, 1.807) is 0 Å². The highest BCUT2D eigenvalue weighted by molar-refractivity contribution is 7.22. The van der Waals surface area contributed by atoms with Crippen LogP contribution in [0.4, 0.5) is 13.8 Å². The van der Waals surface area contributed by atoms with Gasteiger partial charge in [-0.05, 0) is 43.7 Å². The Bertz CT molecular complexity index is 1130. The summed E-state index contributed by atoms with van der Waals surface area (Å²) in [5, 5.41) is 3.98. The minimum absolute atomic E-state index is 0.539. The number of nitrogens with one attached hydrogen (secondary N) is 1. The molecule has 7 heteroatoms. The molecular formula is C20H14F2N2OS2. The van der Waals surface area contributed by atoms with Crippen LogP contribution in [0.15, 0.2) is 42.5 Å². The first-order valence-corrected chi connectivity index (χ1v) is 9.80. The van der Waals surface area contributed by atoms with Crippen LogP contribution >= 0.6 is 22.7 Å². The number of fused-ring (bicyclic) bond motifs is 1. The zero-order valence-corrected chi connectivity index (χ0v) is 16.1. The highest BCUT2D eigenvalue weighted by atomic mass is 32.1. The van der Waals surface area contributed by atoms with Crippen molar-refractivity contribution in [2.24, 2.45) is 0 Å². The van der Waals surface area contributed by atoms with Gasteiger partial charge in [-0.1, -0.05) is 18.2 Å². The lowest BCUT2D eigenvalue weighted by Gasteiger charge is -2.07. The number of aromatic nitrogens is 1. The van der Waals surface area contributed by atoms with E-state index < -0.39 is 23.1 Å². The molecule has 0 saturated carbocycles. The molecule has 0 aliphatic carbocycles. The molecule has 3 nitrogen and oxygen atoms in total. The number of anilines is 1. The van der Waals surface area contributed by atoms with Gasteiger partial charge in [-0.2, -0.15) is 0 Å². The highest BCUT2D eigenvalue weighted by Gasteiger charge is 2.23. The molecule has 0 aliphatic heterocycles. The zero-order valence-electron chi connectivity index (χ0n) is 14.5. The number of hydrogen-bond acceptors (Lipinski definition) is 4. The van der Waals surface area contributed by atoms with E-state index in [0.29, 0.717) is 5.00 Å². The summed E-state index contributed by atoms with van der Waals surface area (Å²) < 4.78 is 28.9. The molecule has 0 spiro atoms. The van der Waals surface area contributed by atoms with Gasteiger partial charge in [0.15, 0.2) is 0 Å². The first-order valence-electron chi connectivity index (χ1n) is 8.17.